The first-order chi connectivity index (χ1) is 15.2. The van der Waals surface area contributed by atoms with E-state index in [1.165, 1.54) is 32.1 Å². The number of aromatic nitrogens is 2. The lowest BCUT2D eigenvalue weighted by Crippen LogP contribution is -2.23. The standard InChI is InChI=1S/C25H28N4O2/c1-2-31-23-11-7-6-10-22(23)29-24(30)19-14-12-18(13-15-19)20-16-26-25(27-17-20)28-21-8-4-3-5-9-21/h6-7,10-17,21H,2-5,8-9H2,1H3,(H,29,30)(H,26,27,28). The molecule has 1 aromatic heterocycles. The van der Waals surface area contributed by atoms with Crippen molar-refractivity contribution in [2.75, 3.05) is 17.2 Å². The maximum Gasteiger partial charge on any atom is 0.255 e. The van der Waals surface area contributed by atoms with E-state index in [-0.39, 0.29) is 5.91 Å². The van der Waals surface area contributed by atoms with Crippen LogP contribution in [0.25, 0.3) is 11.1 Å². The van der Waals surface area contributed by atoms with Crippen molar-refractivity contribution < 1.29 is 9.53 Å². The van der Waals surface area contributed by atoms with E-state index >= 15 is 0 Å². The van der Waals surface area contributed by atoms with Crippen LogP contribution in [0.1, 0.15) is 49.4 Å². The van der Waals surface area contributed by atoms with Crippen molar-refractivity contribution in [2.24, 2.45) is 0 Å². The topological polar surface area (TPSA) is 76.1 Å². The molecule has 6 nitrogen and oxygen atoms in total. The highest BCUT2D eigenvalue weighted by Crippen LogP contribution is 2.25. The molecule has 1 aliphatic carbocycles. The molecule has 1 heterocycles. The molecule has 31 heavy (non-hydrogen) atoms. The lowest BCUT2D eigenvalue weighted by atomic mass is 9.96. The van der Waals surface area contributed by atoms with Gasteiger partial charge in [0, 0.05) is 29.6 Å². The van der Waals surface area contributed by atoms with Gasteiger partial charge < -0.3 is 15.4 Å². The Morgan fingerprint density at radius 2 is 1.68 bits per heavy atom. The first-order valence-corrected chi connectivity index (χ1v) is 10.9. The summed E-state index contributed by atoms with van der Waals surface area (Å²) in [5, 5.41) is 6.36. The number of nitrogens with zero attached hydrogens (tertiary/aromatic N) is 2. The van der Waals surface area contributed by atoms with Gasteiger partial charge in [-0.05, 0) is 49.6 Å². The normalized spacial score (nSPS) is 14.1. The van der Waals surface area contributed by atoms with Gasteiger partial charge in [-0.25, -0.2) is 9.97 Å². The summed E-state index contributed by atoms with van der Waals surface area (Å²) in [6, 6.07) is 15.3. The maximum atomic E-state index is 12.7. The Morgan fingerprint density at radius 1 is 0.968 bits per heavy atom. The molecule has 0 unspecified atom stereocenters. The number of carbonyl (C=O) groups excluding carboxylic acids is 1. The molecule has 0 spiro atoms. The summed E-state index contributed by atoms with van der Waals surface area (Å²) >= 11 is 0. The highest BCUT2D eigenvalue weighted by molar-refractivity contribution is 6.05. The largest absolute Gasteiger partial charge is 0.492 e. The van der Waals surface area contributed by atoms with Crippen molar-refractivity contribution in [1.29, 1.82) is 0 Å². The zero-order chi connectivity index (χ0) is 21.5. The van der Waals surface area contributed by atoms with Gasteiger partial charge in [0.05, 0.1) is 12.3 Å². The molecule has 0 bridgehead atoms. The molecule has 0 aliphatic heterocycles. The molecule has 0 atom stereocenters. The van der Waals surface area contributed by atoms with Gasteiger partial charge in [0.15, 0.2) is 0 Å². The third-order valence-corrected chi connectivity index (χ3v) is 5.51. The van der Waals surface area contributed by atoms with Gasteiger partial charge in [0.2, 0.25) is 5.95 Å². The number of rotatable bonds is 7. The minimum atomic E-state index is -0.179. The molecule has 1 amide bonds. The highest BCUT2D eigenvalue weighted by atomic mass is 16.5. The average Bonchev–Trinajstić information content (AvgIpc) is 2.82. The van der Waals surface area contributed by atoms with Crippen LogP contribution >= 0.6 is 0 Å². The van der Waals surface area contributed by atoms with E-state index in [4.69, 9.17) is 4.74 Å². The summed E-state index contributed by atoms with van der Waals surface area (Å²) in [6.07, 6.45) is 9.88. The fraction of sp³-hybridized carbons (Fsp3) is 0.320. The van der Waals surface area contributed by atoms with Gasteiger partial charge in [-0.3, -0.25) is 4.79 Å². The van der Waals surface area contributed by atoms with Gasteiger partial charge in [-0.15, -0.1) is 0 Å². The van der Waals surface area contributed by atoms with Crippen LogP contribution in [0.5, 0.6) is 5.75 Å². The van der Waals surface area contributed by atoms with Crippen LogP contribution in [0.4, 0.5) is 11.6 Å². The molecule has 1 fully saturated rings. The second kappa shape index (κ2) is 10.1. The Balaban J connectivity index is 1.40. The van der Waals surface area contributed by atoms with Gasteiger partial charge in [0.1, 0.15) is 5.75 Å². The Hall–Kier alpha value is -3.41. The van der Waals surface area contributed by atoms with E-state index in [9.17, 15) is 4.79 Å². The van der Waals surface area contributed by atoms with Gasteiger partial charge in [-0.2, -0.15) is 0 Å². The summed E-state index contributed by atoms with van der Waals surface area (Å²) in [5.41, 5.74) is 3.12. The summed E-state index contributed by atoms with van der Waals surface area (Å²) in [6.45, 7) is 2.46. The molecule has 160 valence electrons. The number of carbonyl (C=O) groups is 1. The summed E-state index contributed by atoms with van der Waals surface area (Å²) in [4.78, 5) is 21.6. The van der Waals surface area contributed by atoms with Crippen LogP contribution in [-0.2, 0) is 0 Å². The number of hydrogen-bond donors (Lipinski definition) is 2. The number of amides is 1. The van der Waals surface area contributed by atoms with Crippen LogP contribution < -0.4 is 15.4 Å². The van der Waals surface area contributed by atoms with E-state index < -0.39 is 0 Å². The quantitative estimate of drug-likeness (QED) is 0.529. The summed E-state index contributed by atoms with van der Waals surface area (Å²) in [7, 11) is 0. The molecule has 1 saturated carbocycles. The van der Waals surface area contributed by atoms with Crippen LogP contribution in [0.2, 0.25) is 0 Å². The zero-order valence-electron chi connectivity index (χ0n) is 17.8. The summed E-state index contributed by atoms with van der Waals surface area (Å²) in [5.74, 6) is 1.16. The van der Waals surface area contributed by atoms with E-state index in [1.807, 2.05) is 67.8 Å². The lowest BCUT2D eigenvalue weighted by molar-refractivity contribution is 0.102. The molecule has 0 radical (unpaired) electrons. The maximum absolute atomic E-state index is 12.7. The highest BCUT2D eigenvalue weighted by Gasteiger charge is 2.14. The van der Waals surface area contributed by atoms with Crippen molar-refractivity contribution in [2.45, 2.75) is 45.1 Å². The first kappa shape index (κ1) is 20.8. The zero-order valence-corrected chi connectivity index (χ0v) is 17.8. The van der Waals surface area contributed by atoms with Crippen LogP contribution in [-0.4, -0.2) is 28.5 Å². The fourth-order valence-corrected chi connectivity index (χ4v) is 3.84. The van der Waals surface area contributed by atoms with Crippen molar-refractivity contribution in [3.05, 3.63) is 66.5 Å². The number of benzene rings is 2. The Morgan fingerprint density at radius 3 is 2.39 bits per heavy atom. The molecule has 3 aromatic rings. The number of para-hydroxylation sites is 2. The smallest absolute Gasteiger partial charge is 0.255 e. The van der Waals surface area contributed by atoms with Crippen molar-refractivity contribution >= 4 is 17.5 Å². The van der Waals surface area contributed by atoms with Crippen LogP contribution in [0, 0.1) is 0 Å². The van der Waals surface area contributed by atoms with Gasteiger partial charge in [-0.1, -0.05) is 43.5 Å². The van der Waals surface area contributed by atoms with E-state index in [2.05, 4.69) is 20.6 Å². The Labute approximate surface area is 183 Å². The molecule has 4 rings (SSSR count). The molecule has 2 N–H and O–H groups in total. The van der Waals surface area contributed by atoms with Crippen molar-refractivity contribution in [3.63, 3.8) is 0 Å². The Kier molecular flexibility index (Phi) is 6.77. The molecule has 1 aliphatic rings. The minimum absolute atomic E-state index is 0.179. The minimum Gasteiger partial charge on any atom is -0.492 e. The average molecular weight is 417 g/mol. The van der Waals surface area contributed by atoms with E-state index in [0.29, 0.717) is 35.6 Å². The molecule has 6 heteroatoms. The number of ether oxygens (including phenoxy) is 1. The predicted octanol–water partition coefficient (Wildman–Crippen LogP) is 5.54. The second-order valence-corrected chi connectivity index (χ2v) is 7.74. The monoisotopic (exact) mass is 416 g/mol. The molecule has 2 aromatic carbocycles. The van der Waals surface area contributed by atoms with Crippen molar-refractivity contribution in [1.82, 2.24) is 9.97 Å². The fourth-order valence-electron chi connectivity index (χ4n) is 3.84. The van der Waals surface area contributed by atoms with Crippen LogP contribution in [0.3, 0.4) is 0 Å². The van der Waals surface area contributed by atoms with E-state index in [1.54, 1.807) is 0 Å². The molecular formula is C25H28N4O2. The number of hydrogen-bond acceptors (Lipinski definition) is 5. The van der Waals surface area contributed by atoms with Gasteiger partial charge in [0.25, 0.3) is 5.91 Å². The number of nitrogens with one attached hydrogen (secondary N) is 2. The molecular weight excluding hydrogens is 388 g/mol. The first-order valence-electron chi connectivity index (χ1n) is 10.9. The summed E-state index contributed by atoms with van der Waals surface area (Å²) < 4.78 is 5.57. The third kappa shape index (κ3) is 5.40. The van der Waals surface area contributed by atoms with Crippen molar-refractivity contribution in [3.8, 4) is 16.9 Å². The molecule has 0 saturated heterocycles. The number of anilines is 2. The van der Waals surface area contributed by atoms with Crippen LogP contribution in [0.15, 0.2) is 60.9 Å². The second-order valence-electron chi connectivity index (χ2n) is 7.74. The predicted molar refractivity (Wildman–Crippen MR) is 124 cm³/mol. The third-order valence-electron chi connectivity index (χ3n) is 5.51. The van der Waals surface area contributed by atoms with Gasteiger partial charge >= 0.3 is 0 Å². The lowest BCUT2D eigenvalue weighted by Gasteiger charge is -2.22. The van der Waals surface area contributed by atoms with E-state index in [0.717, 1.165) is 11.1 Å². The Bertz CT molecular complexity index is 997. The SMILES string of the molecule is CCOc1ccccc1NC(=O)c1ccc(-c2cnc(NC3CCCCC3)nc2)cc1.